The summed E-state index contributed by atoms with van der Waals surface area (Å²) >= 11 is 3.28. The number of hydrogen-bond donors (Lipinski definition) is 4. The van der Waals surface area contributed by atoms with Crippen molar-refractivity contribution in [3.05, 3.63) is 70.2 Å². The molecule has 0 aliphatic carbocycles. The second-order valence-corrected chi connectivity index (χ2v) is 10.9. The van der Waals surface area contributed by atoms with Crippen LogP contribution in [-0.2, 0) is 16.2 Å². The predicted octanol–water partition coefficient (Wildman–Crippen LogP) is 5.18. The van der Waals surface area contributed by atoms with E-state index >= 15 is 0 Å². The van der Waals surface area contributed by atoms with Crippen molar-refractivity contribution in [3.8, 4) is 5.75 Å². The first-order chi connectivity index (χ1) is 16.9. The Kier molecular flexibility index (Phi) is 7.51. The van der Waals surface area contributed by atoms with Gasteiger partial charge in [0, 0.05) is 39.9 Å². The smallest absolute Gasteiger partial charge is 0.416 e. The van der Waals surface area contributed by atoms with E-state index in [-0.39, 0.29) is 13.2 Å². The van der Waals surface area contributed by atoms with Crippen LogP contribution in [0.4, 0.5) is 18.9 Å². The van der Waals surface area contributed by atoms with Gasteiger partial charge < -0.3 is 20.1 Å². The summed E-state index contributed by atoms with van der Waals surface area (Å²) in [6.07, 6.45) is -4.24. The van der Waals surface area contributed by atoms with Crippen LogP contribution < -0.4 is 14.8 Å². The third-order valence-corrected chi connectivity index (χ3v) is 6.74. The Morgan fingerprint density at radius 3 is 2.44 bits per heavy atom. The normalized spacial score (nSPS) is 13.3. The van der Waals surface area contributed by atoms with Crippen LogP contribution >= 0.6 is 15.9 Å². The fourth-order valence-corrected chi connectivity index (χ4v) is 4.83. The number of hydrogen-bond acceptors (Lipinski definition) is 5. The Bertz CT molecular complexity index is 1510. The highest BCUT2D eigenvalue weighted by Gasteiger charge is 2.30. The number of alkyl halides is 3. The highest BCUT2D eigenvalue weighted by molar-refractivity contribution is 9.10. The van der Waals surface area contributed by atoms with Gasteiger partial charge in [0.1, 0.15) is 12.4 Å². The number of H-pyrrole nitrogens is 1. The van der Waals surface area contributed by atoms with Crippen LogP contribution in [0.2, 0.25) is 0 Å². The molecule has 0 saturated carbocycles. The molecule has 12 heteroatoms. The van der Waals surface area contributed by atoms with Gasteiger partial charge in [-0.1, -0.05) is 12.1 Å². The van der Waals surface area contributed by atoms with E-state index in [4.69, 9.17) is 4.74 Å². The molecule has 4 N–H and O–H groups in total. The molecule has 0 saturated heterocycles. The highest BCUT2D eigenvalue weighted by atomic mass is 79.9. The Labute approximate surface area is 213 Å². The van der Waals surface area contributed by atoms with Crippen molar-refractivity contribution in [2.75, 3.05) is 30.7 Å². The predicted molar refractivity (Wildman–Crippen MR) is 137 cm³/mol. The maximum absolute atomic E-state index is 13.0. The summed E-state index contributed by atoms with van der Waals surface area (Å²) in [5, 5.41) is 15.0. The number of halogens is 4. The molecule has 1 aromatic heterocycles. The van der Waals surface area contributed by atoms with E-state index in [0.29, 0.717) is 44.4 Å². The lowest BCUT2D eigenvalue weighted by Gasteiger charge is -2.15. The van der Waals surface area contributed by atoms with Crippen LogP contribution in [-0.4, -0.2) is 44.5 Å². The minimum Gasteiger partial charge on any atom is -0.492 e. The number of fused-ring (bicyclic) bond motifs is 3. The van der Waals surface area contributed by atoms with E-state index in [0.717, 1.165) is 23.8 Å². The standard InChI is InChI=1S/C24H23BrF3N3O4S/c1-36(33,34)31-22-10-14(2-7-19(22)25)23(32)13-29-8-9-35-16-4-6-18-17-5-3-15(24(26,27)28)11-20(17)30-21(18)12-16/h2-7,10-12,23,29-32H,8-9,13H2,1H3. The number of nitrogens with one attached hydrogen (secondary N) is 3. The molecule has 3 aromatic carbocycles. The van der Waals surface area contributed by atoms with Crippen molar-refractivity contribution in [3.63, 3.8) is 0 Å². The number of aliphatic hydroxyl groups excluding tert-OH is 1. The van der Waals surface area contributed by atoms with Crippen molar-refractivity contribution in [2.45, 2.75) is 12.3 Å². The van der Waals surface area contributed by atoms with Gasteiger partial charge in [0.05, 0.1) is 29.1 Å². The summed E-state index contributed by atoms with van der Waals surface area (Å²) < 4.78 is 70.7. The quantitative estimate of drug-likeness (QED) is 0.203. The van der Waals surface area contributed by atoms with Crippen molar-refractivity contribution in [1.29, 1.82) is 0 Å². The van der Waals surface area contributed by atoms with Crippen molar-refractivity contribution in [2.24, 2.45) is 0 Å². The van der Waals surface area contributed by atoms with Crippen LogP contribution in [0.3, 0.4) is 0 Å². The van der Waals surface area contributed by atoms with Crippen molar-refractivity contribution in [1.82, 2.24) is 10.3 Å². The van der Waals surface area contributed by atoms with Crippen LogP contribution in [0.1, 0.15) is 17.2 Å². The summed E-state index contributed by atoms with van der Waals surface area (Å²) in [5.74, 6) is 0.553. The van der Waals surface area contributed by atoms with Gasteiger partial charge in [-0.25, -0.2) is 8.42 Å². The van der Waals surface area contributed by atoms with Gasteiger partial charge in [0.15, 0.2) is 0 Å². The minimum absolute atomic E-state index is 0.214. The zero-order valence-electron chi connectivity index (χ0n) is 19.0. The average Bonchev–Trinajstić information content (AvgIpc) is 3.15. The molecule has 0 spiro atoms. The Balaban J connectivity index is 1.32. The van der Waals surface area contributed by atoms with Crippen LogP contribution in [0.15, 0.2) is 59.1 Å². The van der Waals surface area contributed by atoms with Gasteiger partial charge in [-0.15, -0.1) is 0 Å². The molecule has 0 aliphatic heterocycles. The molecule has 1 atom stereocenters. The number of anilines is 1. The van der Waals surface area contributed by atoms with E-state index < -0.39 is 27.9 Å². The number of aromatic nitrogens is 1. The van der Waals surface area contributed by atoms with Gasteiger partial charge in [0.2, 0.25) is 10.0 Å². The summed E-state index contributed by atoms with van der Waals surface area (Å²) in [7, 11) is -3.46. The van der Waals surface area contributed by atoms with Gasteiger partial charge in [-0.05, 0) is 57.9 Å². The number of ether oxygens (including phenoxy) is 1. The zero-order chi connectivity index (χ0) is 26.1. The monoisotopic (exact) mass is 585 g/mol. The van der Waals surface area contributed by atoms with Gasteiger partial charge in [0.25, 0.3) is 0 Å². The number of sulfonamides is 1. The summed E-state index contributed by atoms with van der Waals surface area (Å²) in [6, 6.07) is 13.8. The molecule has 0 aliphatic rings. The second kappa shape index (κ2) is 10.3. The first-order valence-corrected chi connectivity index (χ1v) is 13.5. The lowest BCUT2D eigenvalue weighted by Crippen LogP contribution is -2.26. The molecule has 7 nitrogen and oxygen atoms in total. The maximum atomic E-state index is 13.0. The number of aliphatic hydroxyl groups is 1. The van der Waals surface area contributed by atoms with E-state index in [2.05, 4.69) is 31.0 Å². The van der Waals surface area contributed by atoms with Crippen LogP contribution in [0.25, 0.3) is 21.8 Å². The topological polar surface area (TPSA) is 103 Å². The molecule has 0 radical (unpaired) electrons. The molecule has 1 heterocycles. The molecule has 0 fully saturated rings. The van der Waals surface area contributed by atoms with Gasteiger partial charge >= 0.3 is 6.18 Å². The Hall–Kier alpha value is -2.80. The summed E-state index contributed by atoms with van der Waals surface area (Å²) in [4.78, 5) is 3.01. The average molecular weight is 586 g/mol. The number of aromatic amines is 1. The molecule has 1 unspecified atom stereocenters. The highest BCUT2D eigenvalue weighted by Crippen LogP contribution is 2.34. The lowest BCUT2D eigenvalue weighted by molar-refractivity contribution is -0.137. The minimum atomic E-state index is -4.41. The second-order valence-electron chi connectivity index (χ2n) is 8.27. The summed E-state index contributed by atoms with van der Waals surface area (Å²) in [6.45, 7) is 0.922. The van der Waals surface area contributed by atoms with Gasteiger partial charge in [-0.2, -0.15) is 13.2 Å². The lowest BCUT2D eigenvalue weighted by atomic mass is 10.1. The largest absolute Gasteiger partial charge is 0.492 e. The Morgan fingerprint density at radius 2 is 1.75 bits per heavy atom. The third-order valence-electron chi connectivity index (χ3n) is 5.45. The molecule has 192 valence electrons. The third kappa shape index (κ3) is 6.30. The molecule has 0 bridgehead atoms. The number of rotatable bonds is 9. The zero-order valence-corrected chi connectivity index (χ0v) is 21.4. The van der Waals surface area contributed by atoms with E-state index in [9.17, 15) is 26.7 Å². The fraction of sp³-hybridized carbons (Fsp3) is 0.250. The van der Waals surface area contributed by atoms with Crippen molar-refractivity contribution < 1.29 is 31.4 Å². The first kappa shape index (κ1) is 26.3. The molecular weight excluding hydrogens is 563 g/mol. The molecular formula is C24H23BrF3N3O4S. The first-order valence-electron chi connectivity index (χ1n) is 10.8. The molecule has 0 amide bonds. The maximum Gasteiger partial charge on any atom is 0.416 e. The molecule has 36 heavy (non-hydrogen) atoms. The fourth-order valence-electron chi connectivity index (χ4n) is 3.78. The SMILES string of the molecule is CS(=O)(=O)Nc1cc(C(O)CNCCOc2ccc3c(c2)[nH]c2cc(C(F)(F)F)ccc23)ccc1Br. The van der Waals surface area contributed by atoms with Gasteiger partial charge in [-0.3, -0.25) is 4.72 Å². The summed E-state index contributed by atoms with van der Waals surface area (Å²) in [5.41, 5.74) is 1.22. The van der Waals surface area contributed by atoms with Crippen LogP contribution in [0.5, 0.6) is 5.75 Å². The number of benzene rings is 3. The van der Waals surface area contributed by atoms with E-state index in [1.165, 1.54) is 6.07 Å². The van der Waals surface area contributed by atoms with Crippen molar-refractivity contribution >= 4 is 53.4 Å². The Morgan fingerprint density at radius 1 is 1.06 bits per heavy atom. The molecule has 4 rings (SSSR count). The van der Waals surface area contributed by atoms with E-state index in [1.54, 1.807) is 36.4 Å². The molecule has 4 aromatic rings. The van der Waals surface area contributed by atoms with E-state index in [1.807, 2.05) is 0 Å². The van der Waals surface area contributed by atoms with Crippen LogP contribution in [0, 0.1) is 0 Å².